The number of hydrogen-bond donors (Lipinski definition) is 2. The Morgan fingerprint density at radius 3 is 1.97 bits per heavy atom. The highest BCUT2D eigenvalue weighted by atomic mass is 35.5. The lowest BCUT2D eigenvalue weighted by Gasteiger charge is -2.11. The number of aromatic hydroxyl groups is 2. The molecule has 8 heteroatoms. The number of rotatable bonds is 5. The Morgan fingerprint density at radius 1 is 0.871 bits per heavy atom. The van der Waals surface area contributed by atoms with Crippen LogP contribution in [0.4, 0.5) is 0 Å². The van der Waals surface area contributed by atoms with E-state index in [1.807, 2.05) is 6.92 Å². The van der Waals surface area contributed by atoms with Crippen molar-refractivity contribution in [1.82, 2.24) is 9.19 Å². The van der Waals surface area contributed by atoms with Gasteiger partial charge >= 0.3 is 0 Å². The van der Waals surface area contributed by atoms with Gasteiger partial charge in [-0.05, 0) is 67.1 Å². The average Bonchev–Trinajstić information content (AvgIpc) is 3.15. The van der Waals surface area contributed by atoms with Crippen LogP contribution < -0.4 is 0 Å². The maximum atomic E-state index is 13.6. The summed E-state index contributed by atoms with van der Waals surface area (Å²) < 4.78 is 28.2. The molecule has 0 aliphatic heterocycles. The van der Waals surface area contributed by atoms with Crippen molar-refractivity contribution in [2.75, 3.05) is 0 Å². The third-order valence-corrected chi connectivity index (χ3v) is 7.00. The number of aromatic nitrogens is 2. The molecule has 158 valence electrons. The van der Waals surface area contributed by atoms with Crippen LogP contribution >= 0.6 is 11.6 Å². The third-order valence-electron chi connectivity index (χ3n) is 4.93. The first-order valence-corrected chi connectivity index (χ1v) is 11.4. The van der Waals surface area contributed by atoms with Crippen molar-refractivity contribution in [2.24, 2.45) is 0 Å². The van der Waals surface area contributed by atoms with Gasteiger partial charge in [0.2, 0.25) is 0 Å². The van der Waals surface area contributed by atoms with Gasteiger partial charge in [-0.3, -0.25) is 0 Å². The van der Waals surface area contributed by atoms with Crippen molar-refractivity contribution in [2.45, 2.75) is 18.2 Å². The van der Waals surface area contributed by atoms with Crippen LogP contribution in [0.15, 0.2) is 77.7 Å². The summed E-state index contributed by atoms with van der Waals surface area (Å²) in [6.45, 7) is 1.91. The number of halogens is 1. The van der Waals surface area contributed by atoms with Gasteiger partial charge < -0.3 is 10.2 Å². The Balaban J connectivity index is 2.05. The van der Waals surface area contributed by atoms with Crippen molar-refractivity contribution >= 4 is 21.6 Å². The lowest BCUT2D eigenvalue weighted by Crippen LogP contribution is -2.16. The van der Waals surface area contributed by atoms with Gasteiger partial charge in [0.15, 0.2) is 0 Å². The number of hydrogen-bond acceptors (Lipinski definition) is 5. The van der Waals surface area contributed by atoms with Crippen LogP contribution in [0.3, 0.4) is 0 Å². The first-order chi connectivity index (χ1) is 14.8. The summed E-state index contributed by atoms with van der Waals surface area (Å²) in [5.41, 5.74) is 2.85. The minimum absolute atomic E-state index is 0.0564. The van der Waals surface area contributed by atoms with Crippen molar-refractivity contribution < 1.29 is 18.6 Å². The number of nitrogens with zero attached hydrogens (tertiary/aromatic N) is 2. The minimum Gasteiger partial charge on any atom is -0.508 e. The van der Waals surface area contributed by atoms with Crippen LogP contribution in [0.25, 0.3) is 22.5 Å². The predicted octanol–water partition coefficient (Wildman–Crippen LogP) is 5.08. The first-order valence-electron chi connectivity index (χ1n) is 9.53. The molecule has 1 aromatic heterocycles. The molecule has 0 saturated carbocycles. The molecule has 0 saturated heterocycles. The Morgan fingerprint density at radius 2 is 1.42 bits per heavy atom. The van der Waals surface area contributed by atoms with E-state index in [9.17, 15) is 18.6 Å². The molecule has 0 fully saturated rings. The molecule has 1 heterocycles. The third kappa shape index (κ3) is 3.78. The average molecular weight is 455 g/mol. The summed E-state index contributed by atoms with van der Waals surface area (Å²) in [5, 5.41) is 23.9. The molecule has 4 aromatic rings. The minimum atomic E-state index is -4.12. The fraction of sp³-hybridized carbons (Fsp3) is 0.0870. The van der Waals surface area contributed by atoms with Gasteiger partial charge in [-0.15, -0.1) is 0 Å². The number of phenolic OH excluding ortho intramolecular Hbond substituents is 2. The van der Waals surface area contributed by atoms with Crippen molar-refractivity contribution in [3.63, 3.8) is 0 Å². The van der Waals surface area contributed by atoms with Crippen molar-refractivity contribution in [3.05, 3.63) is 83.4 Å². The van der Waals surface area contributed by atoms with E-state index in [2.05, 4.69) is 5.10 Å². The van der Waals surface area contributed by atoms with E-state index < -0.39 is 10.0 Å². The molecule has 0 unspecified atom stereocenters. The number of phenols is 2. The van der Waals surface area contributed by atoms with E-state index in [4.69, 9.17) is 11.6 Å². The van der Waals surface area contributed by atoms with Gasteiger partial charge in [0, 0.05) is 16.7 Å². The monoisotopic (exact) mass is 454 g/mol. The molecule has 4 rings (SSSR count). The van der Waals surface area contributed by atoms with E-state index in [0.717, 1.165) is 4.09 Å². The van der Waals surface area contributed by atoms with Gasteiger partial charge in [-0.1, -0.05) is 30.7 Å². The van der Waals surface area contributed by atoms with Gasteiger partial charge in [0.25, 0.3) is 10.0 Å². The molecule has 0 aliphatic carbocycles. The second kappa shape index (κ2) is 8.09. The van der Waals surface area contributed by atoms with Crippen LogP contribution in [0.2, 0.25) is 5.02 Å². The number of benzene rings is 3. The van der Waals surface area contributed by atoms with Crippen LogP contribution in [-0.4, -0.2) is 27.8 Å². The van der Waals surface area contributed by atoms with E-state index in [0.29, 0.717) is 34.5 Å². The van der Waals surface area contributed by atoms with Crippen LogP contribution in [-0.2, 0) is 16.4 Å². The summed E-state index contributed by atoms with van der Waals surface area (Å²) in [6.07, 6.45) is 0.504. The molecule has 0 radical (unpaired) electrons. The molecule has 31 heavy (non-hydrogen) atoms. The second-order valence-corrected chi connectivity index (χ2v) is 9.04. The molecule has 6 nitrogen and oxygen atoms in total. The van der Waals surface area contributed by atoms with E-state index in [1.165, 1.54) is 36.4 Å². The summed E-state index contributed by atoms with van der Waals surface area (Å²) in [4.78, 5) is -0.0564. The lowest BCUT2D eigenvalue weighted by atomic mass is 10.00. The first kappa shape index (κ1) is 21.0. The fourth-order valence-corrected chi connectivity index (χ4v) is 5.26. The zero-order valence-corrected chi connectivity index (χ0v) is 18.1. The Labute approximate surface area is 185 Å². The second-order valence-electron chi connectivity index (χ2n) is 6.90. The molecule has 0 aliphatic rings. The van der Waals surface area contributed by atoms with Gasteiger partial charge in [-0.25, -0.2) is 0 Å². The molecule has 0 atom stereocenters. The van der Waals surface area contributed by atoms with Crippen molar-refractivity contribution in [3.8, 4) is 34.0 Å². The highest BCUT2D eigenvalue weighted by molar-refractivity contribution is 7.90. The van der Waals surface area contributed by atoms with E-state index in [-0.39, 0.29) is 21.4 Å². The highest BCUT2D eigenvalue weighted by Crippen LogP contribution is 2.37. The molecule has 0 spiro atoms. The smallest absolute Gasteiger partial charge is 0.285 e. The maximum Gasteiger partial charge on any atom is 0.285 e. The maximum absolute atomic E-state index is 13.6. The normalized spacial score (nSPS) is 11.5. The Hall–Kier alpha value is -3.29. The summed E-state index contributed by atoms with van der Waals surface area (Å²) in [6, 6.07) is 18.9. The Kier molecular flexibility index (Phi) is 5.47. The summed E-state index contributed by atoms with van der Waals surface area (Å²) in [5.74, 6) is 0.171. The molecule has 3 aromatic carbocycles. The SMILES string of the molecule is CCc1c(-c2ccc(O)cc2)nn(S(=O)(=O)c2ccccc2Cl)c1-c1ccc(O)cc1. The van der Waals surface area contributed by atoms with Crippen molar-refractivity contribution in [1.29, 1.82) is 0 Å². The highest BCUT2D eigenvalue weighted by Gasteiger charge is 2.29. The van der Waals surface area contributed by atoms with Gasteiger partial charge in [0.1, 0.15) is 16.4 Å². The molecular weight excluding hydrogens is 436 g/mol. The van der Waals surface area contributed by atoms with Gasteiger partial charge in [-0.2, -0.15) is 17.6 Å². The van der Waals surface area contributed by atoms with Crippen LogP contribution in [0.5, 0.6) is 11.5 Å². The van der Waals surface area contributed by atoms with Gasteiger partial charge in [0.05, 0.1) is 16.4 Å². The zero-order chi connectivity index (χ0) is 22.2. The topological polar surface area (TPSA) is 92.4 Å². The zero-order valence-electron chi connectivity index (χ0n) is 16.5. The van der Waals surface area contributed by atoms with E-state index in [1.54, 1.807) is 36.4 Å². The fourth-order valence-electron chi connectivity index (χ4n) is 3.44. The quantitative estimate of drug-likeness (QED) is 0.438. The molecule has 0 amide bonds. The lowest BCUT2D eigenvalue weighted by molar-refractivity contribution is 0.475. The van der Waals surface area contributed by atoms with E-state index >= 15 is 0 Å². The largest absolute Gasteiger partial charge is 0.508 e. The summed E-state index contributed by atoms with van der Waals surface area (Å²) >= 11 is 6.21. The summed E-state index contributed by atoms with van der Waals surface area (Å²) in [7, 11) is -4.12. The molecule has 0 bridgehead atoms. The van der Waals surface area contributed by atoms with Crippen LogP contribution in [0.1, 0.15) is 12.5 Å². The molecular formula is C23H19ClN2O4S. The predicted molar refractivity (Wildman–Crippen MR) is 120 cm³/mol. The Bertz CT molecular complexity index is 1350. The standard InChI is InChI=1S/C23H19ClN2O4S/c1-2-19-22(15-7-11-17(27)12-8-15)25-26(23(19)16-9-13-18(28)14-10-16)31(29,30)21-6-4-3-5-20(21)24/h3-14,27-28H,2H2,1H3. The van der Waals surface area contributed by atoms with Crippen LogP contribution in [0, 0.1) is 0 Å². The molecule has 2 N–H and O–H groups in total.